The van der Waals surface area contributed by atoms with Crippen LogP contribution in [-0.4, -0.2) is 46.7 Å². The second-order valence-electron chi connectivity index (χ2n) is 4.49. The van der Waals surface area contributed by atoms with Gasteiger partial charge in [0.15, 0.2) is 11.5 Å². The van der Waals surface area contributed by atoms with E-state index in [-0.39, 0.29) is 19.2 Å². The molecule has 2 aromatic rings. The third kappa shape index (κ3) is 4.07. The zero-order valence-electron chi connectivity index (χ0n) is 12.2. The molecule has 0 saturated heterocycles. The molecule has 0 atom stereocenters. The molecule has 9 heteroatoms. The summed E-state index contributed by atoms with van der Waals surface area (Å²) in [6.07, 6.45) is 1.35. The van der Waals surface area contributed by atoms with E-state index >= 15 is 0 Å². The molecule has 0 bridgehead atoms. The smallest absolute Gasteiger partial charge is 0.325 e. The molecule has 1 heterocycles. The van der Waals surface area contributed by atoms with E-state index in [1.165, 1.54) is 20.5 Å². The van der Waals surface area contributed by atoms with Gasteiger partial charge < -0.3 is 24.0 Å². The van der Waals surface area contributed by atoms with E-state index in [1.54, 1.807) is 12.1 Å². The first-order valence-electron chi connectivity index (χ1n) is 6.48. The lowest BCUT2D eigenvalue weighted by atomic mass is 10.2. The minimum absolute atomic E-state index is 0.144. The summed E-state index contributed by atoms with van der Waals surface area (Å²) in [5.41, 5.74) is 0.623. The molecule has 0 amide bonds. The summed E-state index contributed by atoms with van der Waals surface area (Å²) in [4.78, 5) is 25.8. The Hall–Kier alpha value is -1.89. The fourth-order valence-corrected chi connectivity index (χ4v) is 2.45. The van der Waals surface area contributed by atoms with Crippen molar-refractivity contribution in [1.29, 1.82) is 0 Å². The van der Waals surface area contributed by atoms with Crippen LogP contribution in [0.1, 0.15) is 6.42 Å². The zero-order valence-corrected chi connectivity index (χ0v) is 13.1. The summed E-state index contributed by atoms with van der Waals surface area (Å²) in [7, 11) is -0.954. The lowest BCUT2D eigenvalue weighted by Crippen LogP contribution is -2.03. The Balaban J connectivity index is 2.21. The minimum atomic E-state index is -4.01. The van der Waals surface area contributed by atoms with Crippen molar-refractivity contribution in [3.8, 4) is 17.4 Å². The first-order valence-corrected chi connectivity index (χ1v) is 8.28. The third-order valence-corrected chi connectivity index (χ3v) is 3.84. The predicted molar refractivity (Wildman–Crippen MR) is 79.7 cm³/mol. The quantitative estimate of drug-likeness (QED) is 0.582. The van der Waals surface area contributed by atoms with Crippen LogP contribution in [0.25, 0.3) is 10.9 Å². The van der Waals surface area contributed by atoms with Crippen molar-refractivity contribution in [2.75, 3.05) is 27.0 Å². The van der Waals surface area contributed by atoms with Crippen LogP contribution < -0.4 is 14.2 Å². The van der Waals surface area contributed by atoms with Crippen molar-refractivity contribution >= 4 is 18.5 Å². The Bertz CT molecular complexity index is 702. The number of nitrogens with zero attached hydrogens (tertiary/aromatic N) is 2. The highest BCUT2D eigenvalue weighted by Gasteiger charge is 2.14. The topological polar surface area (TPSA) is 111 Å². The van der Waals surface area contributed by atoms with Crippen molar-refractivity contribution in [2.45, 2.75) is 6.42 Å². The van der Waals surface area contributed by atoms with Gasteiger partial charge in [-0.15, -0.1) is 0 Å². The monoisotopic (exact) mass is 328 g/mol. The second kappa shape index (κ2) is 6.91. The number of aromatic nitrogens is 2. The first kappa shape index (κ1) is 16.5. The van der Waals surface area contributed by atoms with Gasteiger partial charge in [0.05, 0.1) is 37.9 Å². The molecule has 0 aliphatic carbocycles. The van der Waals surface area contributed by atoms with Gasteiger partial charge in [-0.05, 0) is 12.5 Å². The van der Waals surface area contributed by atoms with Gasteiger partial charge in [-0.2, -0.15) is 0 Å². The number of ether oxygens (including phenoxy) is 3. The number of methoxy groups -OCH3 is 2. The molecule has 0 unspecified atom stereocenters. The molecule has 0 radical (unpaired) electrons. The van der Waals surface area contributed by atoms with E-state index in [4.69, 9.17) is 24.0 Å². The first-order chi connectivity index (χ1) is 10.4. The lowest BCUT2D eigenvalue weighted by Gasteiger charge is -2.11. The second-order valence-corrected chi connectivity index (χ2v) is 6.27. The fourth-order valence-electron chi connectivity index (χ4n) is 1.91. The van der Waals surface area contributed by atoms with E-state index in [0.29, 0.717) is 28.3 Å². The fraction of sp³-hybridized carbons (Fsp3) is 0.385. The van der Waals surface area contributed by atoms with E-state index in [0.717, 1.165) is 0 Å². The number of hydrogen-bond donors (Lipinski definition) is 2. The summed E-state index contributed by atoms with van der Waals surface area (Å²) in [5.74, 6) is 1.39. The molecular formula is C13H17N2O6P. The molecule has 0 saturated carbocycles. The highest BCUT2D eigenvalue weighted by atomic mass is 31.2. The summed E-state index contributed by atoms with van der Waals surface area (Å²) < 4.78 is 26.7. The van der Waals surface area contributed by atoms with E-state index in [2.05, 4.69) is 9.97 Å². The molecule has 2 N–H and O–H groups in total. The molecule has 22 heavy (non-hydrogen) atoms. The molecule has 0 aliphatic rings. The van der Waals surface area contributed by atoms with Crippen molar-refractivity contribution in [3.63, 3.8) is 0 Å². The largest absolute Gasteiger partial charge is 0.493 e. The molecule has 120 valence electrons. The molecular weight excluding hydrogens is 311 g/mol. The lowest BCUT2D eigenvalue weighted by molar-refractivity contribution is 0.301. The SMILES string of the molecule is COc1cc2ncnc(OCCCP(=O)(O)O)c2cc1OC. The maximum atomic E-state index is 10.8. The summed E-state index contributed by atoms with van der Waals surface area (Å²) >= 11 is 0. The summed E-state index contributed by atoms with van der Waals surface area (Å²) in [5, 5.41) is 0.635. The van der Waals surface area contributed by atoms with Crippen molar-refractivity contribution in [2.24, 2.45) is 0 Å². The highest BCUT2D eigenvalue weighted by molar-refractivity contribution is 7.51. The van der Waals surface area contributed by atoms with Crippen LogP contribution in [0.5, 0.6) is 17.4 Å². The number of fused-ring (bicyclic) bond motifs is 1. The highest BCUT2D eigenvalue weighted by Crippen LogP contribution is 2.36. The van der Waals surface area contributed by atoms with E-state index in [1.807, 2.05) is 0 Å². The van der Waals surface area contributed by atoms with Crippen LogP contribution in [0.2, 0.25) is 0 Å². The van der Waals surface area contributed by atoms with E-state index in [9.17, 15) is 4.57 Å². The van der Waals surface area contributed by atoms with Gasteiger partial charge in [0, 0.05) is 6.07 Å². The molecule has 0 fully saturated rings. The van der Waals surface area contributed by atoms with Crippen LogP contribution in [0.15, 0.2) is 18.5 Å². The Morgan fingerprint density at radius 1 is 1.14 bits per heavy atom. The molecule has 8 nitrogen and oxygen atoms in total. The molecule has 0 aliphatic heterocycles. The maximum Gasteiger partial charge on any atom is 0.325 e. The van der Waals surface area contributed by atoms with Crippen LogP contribution >= 0.6 is 7.60 Å². The van der Waals surface area contributed by atoms with Crippen LogP contribution in [0, 0.1) is 0 Å². The van der Waals surface area contributed by atoms with Crippen molar-refractivity contribution in [3.05, 3.63) is 18.5 Å². The summed E-state index contributed by atoms with van der Waals surface area (Å²) in [6, 6.07) is 3.41. The Morgan fingerprint density at radius 2 is 1.82 bits per heavy atom. The van der Waals surface area contributed by atoms with Crippen LogP contribution in [0.3, 0.4) is 0 Å². The third-order valence-electron chi connectivity index (χ3n) is 2.94. The van der Waals surface area contributed by atoms with Gasteiger partial charge in [0.2, 0.25) is 5.88 Å². The molecule has 1 aromatic carbocycles. The maximum absolute atomic E-state index is 10.8. The van der Waals surface area contributed by atoms with Crippen molar-refractivity contribution < 1.29 is 28.6 Å². The molecule has 1 aromatic heterocycles. The van der Waals surface area contributed by atoms with Gasteiger partial charge >= 0.3 is 7.60 Å². The van der Waals surface area contributed by atoms with Crippen LogP contribution in [-0.2, 0) is 4.57 Å². The van der Waals surface area contributed by atoms with E-state index < -0.39 is 7.60 Å². The van der Waals surface area contributed by atoms with Crippen LogP contribution in [0.4, 0.5) is 0 Å². The van der Waals surface area contributed by atoms with Gasteiger partial charge in [0.1, 0.15) is 6.33 Å². The number of hydrogen-bond acceptors (Lipinski definition) is 6. The minimum Gasteiger partial charge on any atom is -0.493 e. The average molecular weight is 328 g/mol. The molecule has 0 spiro atoms. The van der Waals surface area contributed by atoms with Gasteiger partial charge in [-0.3, -0.25) is 4.57 Å². The van der Waals surface area contributed by atoms with Gasteiger partial charge in [-0.25, -0.2) is 9.97 Å². The van der Waals surface area contributed by atoms with Gasteiger partial charge in [-0.1, -0.05) is 0 Å². The average Bonchev–Trinajstić information content (AvgIpc) is 2.49. The van der Waals surface area contributed by atoms with Crippen molar-refractivity contribution in [1.82, 2.24) is 9.97 Å². The molecule has 2 rings (SSSR count). The predicted octanol–water partition coefficient (Wildman–Crippen LogP) is 1.59. The summed E-state index contributed by atoms with van der Waals surface area (Å²) in [6.45, 7) is 0.144. The zero-order chi connectivity index (χ0) is 16.2. The standard InChI is InChI=1S/C13H17N2O6P/c1-19-11-6-9-10(7-12(11)20-2)14-8-15-13(9)21-4-3-5-22(16,17)18/h6-8H,3-5H2,1-2H3,(H2,16,17,18). The normalized spacial score (nSPS) is 11.5. The number of benzene rings is 1. The van der Waals surface area contributed by atoms with Gasteiger partial charge in [0.25, 0.3) is 0 Å². The Morgan fingerprint density at radius 3 is 2.45 bits per heavy atom. The Kier molecular flexibility index (Phi) is 5.18. The number of rotatable bonds is 7. The Labute approximate surface area is 127 Å².